The fraction of sp³-hybridized carbons (Fsp3) is 1.00. The Morgan fingerprint density at radius 1 is 1.17 bits per heavy atom. The van der Waals surface area contributed by atoms with Crippen LogP contribution in [0.1, 0.15) is 58.8 Å². The highest BCUT2D eigenvalue weighted by Crippen LogP contribution is 2.32. The molecule has 0 aliphatic heterocycles. The molecule has 1 rings (SSSR count). The maximum atomic E-state index is 9.32. The van der Waals surface area contributed by atoms with Gasteiger partial charge in [0.1, 0.15) is 0 Å². The minimum Gasteiger partial charge on any atom is -0.395 e. The molecule has 0 aromatic carbocycles. The zero-order valence-corrected chi connectivity index (χ0v) is 13.1. The molecule has 0 heterocycles. The lowest BCUT2D eigenvalue weighted by Crippen LogP contribution is -2.46. The van der Waals surface area contributed by atoms with Gasteiger partial charge >= 0.3 is 0 Å². The number of hydrogen-bond donors (Lipinski definition) is 2. The Labute approximate surface area is 119 Å². The summed E-state index contributed by atoms with van der Waals surface area (Å²) in [7, 11) is 0. The molecule has 1 N–H and O–H groups in total. The van der Waals surface area contributed by atoms with E-state index in [1.807, 2.05) is 0 Å². The highest BCUT2D eigenvalue weighted by atomic mass is 32.1. The van der Waals surface area contributed by atoms with Crippen molar-refractivity contribution >= 4 is 12.6 Å². The second-order valence-corrected chi connectivity index (χ2v) is 6.17. The molecule has 1 saturated carbocycles. The minimum absolute atomic E-state index is 0.284. The molecule has 108 valence electrons. The van der Waals surface area contributed by atoms with Crippen LogP contribution in [0.2, 0.25) is 0 Å². The molecule has 1 fully saturated rings. The Kier molecular flexibility index (Phi) is 7.66. The standard InChI is InChI=1S/C15H31NOS/c1-3-15(4-2,13-18)12-16(10-11-17)14-8-6-5-7-9-14/h14,17-18H,3-13H2,1-2H3. The normalized spacial score (nSPS) is 18.5. The second-order valence-electron chi connectivity index (χ2n) is 5.85. The maximum absolute atomic E-state index is 9.32. The fourth-order valence-corrected chi connectivity index (χ4v) is 3.69. The summed E-state index contributed by atoms with van der Waals surface area (Å²) >= 11 is 4.58. The third-order valence-electron chi connectivity index (χ3n) is 4.85. The smallest absolute Gasteiger partial charge is 0.0558 e. The van der Waals surface area contributed by atoms with Crippen molar-refractivity contribution < 1.29 is 5.11 Å². The van der Waals surface area contributed by atoms with Crippen molar-refractivity contribution in [3.63, 3.8) is 0 Å². The number of rotatable bonds is 8. The molecule has 0 aromatic rings. The van der Waals surface area contributed by atoms with Gasteiger partial charge < -0.3 is 5.11 Å². The summed E-state index contributed by atoms with van der Waals surface area (Å²) in [6, 6.07) is 0.697. The lowest BCUT2D eigenvalue weighted by molar-refractivity contribution is 0.0747. The molecule has 0 saturated heterocycles. The molecule has 3 heteroatoms. The Morgan fingerprint density at radius 3 is 2.22 bits per heavy atom. The van der Waals surface area contributed by atoms with Crippen molar-refractivity contribution in [3.8, 4) is 0 Å². The monoisotopic (exact) mass is 273 g/mol. The van der Waals surface area contributed by atoms with Gasteiger partial charge in [0, 0.05) is 19.1 Å². The van der Waals surface area contributed by atoms with Crippen molar-refractivity contribution in [1.29, 1.82) is 0 Å². The third kappa shape index (κ3) is 4.43. The van der Waals surface area contributed by atoms with Crippen LogP contribution in [0.5, 0.6) is 0 Å². The van der Waals surface area contributed by atoms with Crippen LogP contribution in [0.25, 0.3) is 0 Å². The van der Waals surface area contributed by atoms with E-state index >= 15 is 0 Å². The number of hydrogen-bond acceptors (Lipinski definition) is 3. The molecule has 0 bridgehead atoms. The zero-order chi connectivity index (χ0) is 13.4. The number of nitrogens with zero attached hydrogens (tertiary/aromatic N) is 1. The molecular formula is C15H31NOS. The van der Waals surface area contributed by atoms with E-state index in [9.17, 15) is 5.11 Å². The van der Waals surface area contributed by atoms with E-state index in [1.54, 1.807) is 0 Å². The van der Waals surface area contributed by atoms with Crippen LogP contribution in [0, 0.1) is 5.41 Å². The number of aliphatic hydroxyl groups is 1. The Balaban J connectivity index is 2.64. The first kappa shape index (κ1) is 16.3. The molecule has 0 atom stereocenters. The van der Waals surface area contributed by atoms with Crippen LogP contribution in [0.15, 0.2) is 0 Å². The molecule has 1 aliphatic carbocycles. The largest absolute Gasteiger partial charge is 0.395 e. The van der Waals surface area contributed by atoms with Crippen LogP contribution >= 0.6 is 12.6 Å². The summed E-state index contributed by atoms with van der Waals surface area (Å²) < 4.78 is 0. The average molecular weight is 273 g/mol. The molecule has 1 aliphatic rings. The van der Waals surface area contributed by atoms with E-state index in [1.165, 1.54) is 44.9 Å². The van der Waals surface area contributed by atoms with E-state index in [0.717, 1.165) is 18.8 Å². The summed E-state index contributed by atoms with van der Waals surface area (Å²) in [5.41, 5.74) is 0.329. The SMILES string of the molecule is CCC(CC)(CS)CN(CCO)C1CCCCC1. The zero-order valence-electron chi connectivity index (χ0n) is 12.2. The van der Waals surface area contributed by atoms with Gasteiger partial charge in [0.05, 0.1) is 6.61 Å². The summed E-state index contributed by atoms with van der Waals surface area (Å²) in [4.78, 5) is 2.54. The van der Waals surface area contributed by atoms with Crippen LogP contribution in [0.3, 0.4) is 0 Å². The second kappa shape index (κ2) is 8.44. The van der Waals surface area contributed by atoms with Crippen molar-refractivity contribution in [2.75, 3.05) is 25.4 Å². The predicted octanol–water partition coefficient (Wildman–Crippen LogP) is 3.35. The first-order chi connectivity index (χ1) is 8.71. The molecule has 0 amide bonds. The summed E-state index contributed by atoms with van der Waals surface area (Å²) in [5, 5.41) is 9.32. The van der Waals surface area contributed by atoms with E-state index < -0.39 is 0 Å². The summed E-state index contributed by atoms with van der Waals surface area (Å²) in [6.45, 7) is 6.77. The highest BCUT2D eigenvalue weighted by molar-refractivity contribution is 7.80. The van der Waals surface area contributed by atoms with Crippen LogP contribution in [0.4, 0.5) is 0 Å². The fourth-order valence-electron chi connectivity index (χ4n) is 3.14. The van der Waals surface area contributed by atoms with Crippen LogP contribution in [-0.2, 0) is 0 Å². The van der Waals surface area contributed by atoms with Gasteiger partial charge in [-0.1, -0.05) is 33.1 Å². The van der Waals surface area contributed by atoms with Gasteiger partial charge in [-0.15, -0.1) is 0 Å². The van der Waals surface area contributed by atoms with Crippen molar-refractivity contribution in [3.05, 3.63) is 0 Å². The number of aliphatic hydroxyl groups excluding tert-OH is 1. The third-order valence-corrected chi connectivity index (χ3v) is 5.52. The van der Waals surface area contributed by atoms with Gasteiger partial charge in [-0.3, -0.25) is 4.90 Å². The molecular weight excluding hydrogens is 242 g/mol. The van der Waals surface area contributed by atoms with Gasteiger partial charge in [0.15, 0.2) is 0 Å². The van der Waals surface area contributed by atoms with Crippen LogP contribution < -0.4 is 0 Å². The lowest BCUT2D eigenvalue weighted by Gasteiger charge is -2.41. The van der Waals surface area contributed by atoms with Gasteiger partial charge in [0.2, 0.25) is 0 Å². The van der Waals surface area contributed by atoms with Gasteiger partial charge in [-0.25, -0.2) is 0 Å². The van der Waals surface area contributed by atoms with Crippen molar-refractivity contribution in [2.24, 2.45) is 5.41 Å². The van der Waals surface area contributed by atoms with Gasteiger partial charge in [-0.05, 0) is 36.9 Å². The van der Waals surface area contributed by atoms with Crippen molar-refractivity contribution in [2.45, 2.75) is 64.8 Å². The van der Waals surface area contributed by atoms with E-state index in [2.05, 4.69) is 31.4 Å². The first-order valence-corrected chi connectivity index (χ1v) is 8.30. The average Bonchev–Trinajstić information content (AvgIpc) is 2.45. The quantitative estimate of drug-likeness (QED) is 0.663. The molecule has 0 aromatic heterocycles. The van der Waals surface area contributed by atoms with Gasteiger partial charge in [0.25, 0.3) is 0 Å². The van der Waals surface area contributed by atoms with Crippen molar-refractivity contribution in [1.82, 2.24) is 4.90 Å². The Bertz CT molecular complexity index is 204. The lowest BCUT2D eigenvalue weighted by atomic mass is 9.82. The topological polar surface area (TPSA) is 23.5 Å². The van der Waals surface area contributed by atoms with Crippen LogP contribution in [-0.4, -0.2) is 41.5 Å². The highest BCUT2D eigenvalue weighted by Gasteiger charge is 2.30. The molecule has 0 unspecified atom stereocenters. The summed E-state index contributed by atoms with van der Waals surface area (Å²) in [5.74, 6) is 0.953. The molecule has 18 heavy (non-hydrogen) atoms. The number of thiol groups is 1. The van der Waals surface area contributed by atoms with E-state index in [-0.39, 0.29) is 6.61 Å². The Hall–Kier alpha value is 0.270. The Morgan fingerprint density at radius 2 is 1.78 bits per heavy atom. The molecule has 0 radical (unpaired) electrons. The predicted molar refractivity (Wildman–Crippen MR) is 82.4 cm³/mol. The minimum atomic E-state index is 0.284. The van der Waals surface area contributed by atoms with E-state index in [0.29, 0.717) is 11.5 Å². The molecule has 0 spiro atoms. The summed E-state index contributed by atoms with van der Waals surface area (Å²) in [6.07, 6.45) is 9.11. The van der Waals surface area contributed by atoms with Gasteiger partial charge in [-0.2, -0.15) is 12.6 Å². The molecule has 2 nitrogen and oxygen atoms in total. The van der Waals surface area contributed by atoms with E-state index in [4.69, 9.17) is 0 Å². The first-order valence-electron chi connectivity index (χ1n) is 7.67. The maximum Gasteiger partial charge on any atom is 0.0558 e.